The van der Waals surface area contributed by atoms with E-state index in [1.807, 2.05) is 12.1 Å². The maximum atomic E-state index is 5.90. The predicted molar refractivity (Wildman–Crippen MR) is 67.0 cm³/mol. The first-order valence-corrected chi connectivity index (χ1v) is 5.41. The molecule has 2 heteroatoms. The molecule has 0 fully saturated rings. The Bertz CT molecular complexity index is 490. The van der Waals surface area contributed by atoms with Gasteiger partial charge in [-0.05, 0) is 17.5 Å². The lowest BCUT2D eigenvalue weighted by molar-refractivity contribution is 0.868. The number of hydrogen-bond donors (Lipinski definition) is 1. The molecular formula is C14H15N2. The lowest BCUT2D eigenvalue weighted by atomic mass is 9.94. The van der Waals surface area contributed by atoms with Gasteiger partial charge in [-0.25, -0.2) is 0 Å². The van der Waals surface area contributed by atoms with Gasteiger partial charge in [0, 0.05) is 17.8 Å². The monoisotopic (exact) mass is 211 g/mol. The number of rotatable bonds is 2. The van der Waals surface area contributed by atoms with Crippen molar-refractivity contribution in [3.05, 3.63) is 48.2 Å². The Hall–Kier alpha value is -1.83. The zero-order valence-electron chi connectivity index (χ0n) is 9.57. The van der Waals surface area contributed by atoms with Crippen molar-refractivity contribution in [1.29, 1.82) is 0 Å². The molecule has 0 aliphatic rings. The van der Waals surface area contributed by atoms with Gasteiger partial charge in [0.25, 0.3) is 0 Å². The van der Waals surface area contributed by atoms with Crippen molar-refractivity contribution >= 4 is 5.69 Å². The SMILES string of the molecule is CC(C)c1ccccc1-c1ncc[c]c1N. The normalized spacial score (nSPS) is 10.7. The summed E-state index contributed by atoms with van der Waals surface area (Å²) in [4.78, 5) is 4.34. The molecule has 0 atom stereocenters. The van der Waals surface area contributed by atoms with Gasteiger partial charge in [-0.3, -0.25) is 4.98 Å². The topological polar surface area (TPSA) is 38.9 Å². The highest BCUT2D eigenvalue weighted by molar-refractivity contribution is 5.74. The van der Waals surface area contributed by atoms with E-state index in [-0.39, 0.29) is 0 Å². The molecule has 1 aromatic carbocycles. The quantitative estimate of drug-likeness (QED) is 0.828. The number of benzene rings is 1. The van der Waals surface area contributed by atoms with Gasteiger partial charge in [-0.2, -0.15) is 0 Å². The number of aromatic nitrogens is 1. The van der Waals surface area contributed by atoms with Crippen molar-refractivity contribution in [1.82, 2.24) is 4.98 Å². The molecule has 1 radical (unpaired) electrons. The molecule has 81 valence electrons. The Morgan fingerprint density at radius 3 is 2.69 bits per heavy atom. The third-order valence-electron chi connectivity index (χ3n) is 2.61. The summed E-state index contributed by atoms with van der Waals surface area (Å²) in [5.74, 6) is 0.456. The molecule has 0 unspecified atom stereocenters. The fraction of sp³-hybridized carbons (Fsp3) is 0.214. The van der Waals surface area contributed by atoms with Crippen LogP contribution in [0.2, 0.25) is 0 Å². The molecule has 0 spiro atoms. The van der Waals surface area contributed by atoms with Crippen LogP contribution in [0.1, 0.15) is 25.3 Å². The van der Waals surface area contributed by atoms with Crippen LogP contribution in [0.15, 0.2) is 36.5 Å². The molecule has 2 aromatic rings. The second kappa shape index (κ2) is 4.35. The Morgan fingerprint density at radius 1 is 1.25 bits per heavy atom. The van der Waals surface area contributed by atoms with Gasteiger partial charge in [-0.15, -0.1) is 0 Å². The zero-order chi connectivity index (χ0) is 11.5. The van der Waals surface area contributed by atoms with Crippen molar-refractivity contribution in [3.8, 4) is 11.3 Å². The maximum Gasteiger partial charge on any atom is 0.0940 e. The fourth-order valence-electron chi connectivity index (χ4n) is 1.81. The number of pyridine rings is 1. The molecule has 0 saturated heterocycles. The molecule has 2 N–H and O–H groups in total. The molecule has 0 bridgehead atoms. The minimum atomic E-state index is 0.456. The summed E-state index contributed by atoms with van der Waals surface area (Å²) in [5.41, 5.74) is 9.70. The largest absolute Gasteiger partial charge is 0.396 e. The summed E-state index contributed by atoms with van der Waals surface area (Å²) in [7, 11) is 0. The minimum absolute atomic E-state index is 0.456. The van der Waals surface area contributed by atoms with Gasteiger partial charge >= 0.3 is 0 Å². The number of hydrogen-bond acceptors (Lipinski definition) is 2. The van der Waals surface area contributed by atoms with Crippen LogP contribution in [0.25, 0.3) is 11.3 Å². The number of nitrogens with zero attached hydrogens (tertiary/aromatic N) is 1. The zero-order valence-corrected chi connectivity index (χ0v) is 9.57. The number of anilines is 1. The summed E-state index contributed by atoms with van der Waals surface area (Å²) in [6.07, 6.45) is 1.72. The Labute approximate surface area is 96.1 Å². The summed E-state index contributed by atoms with van der Waals surface area (Å²) in [6.45, 7) is 4.34. The smallest absolute Gasteiger partial charge is 0.0940 e. The van der Waals surface area contributed by atoms with E-state index in [0.717, 1.165) is 11.3 Å². The van der Waals surface area contributed by atoms with Crippen LogP contribution in [0, 0.1) is 6.07 Å². The maximum absolute atomic E-state index is 5.90. The third-order valence-corrected chi connectivity index (χ3v) is 2.61. The Morgan fingerprint density at radius 2 is 2.00 bits per heavy atom. The lowest BCUT2D eigenvalue weighted by Crippen LogP contribution is -1.97. The van der Waals surface area contributed by atoms with Crippen LogP contribution >= 0.6 is 0 Å². The van der Waals surface area contributed by atoms with Crippen LogP contribution in [0.4, 0.5) is 5.69 Å². The summed E-state index contributed by atoms with van der Waals surface area (Å²) in [5, 5.41) is 0. The summed E-state index contributed by atoms with van der Waals surface area (Å²) < 4.78 is 0. The molecule has 2 rings (SSSR count). The molecule has 2 nitrogen and oxygen atoms in total. The first-order chi connectivity index (χ1) is 7.70. The first-order valence-electron chi connectivity index (χ1n) is 5.41. The van der Waals surface area contributed by atoms with Gasteiger partial charge in [0.15, 0.2) is 0 Å². The van der Waals surface area contributed by atoms with Gasteiger partial charge in [-0.1, -0.05) is 38.1 Å². The molecule has 1 heterocycles. The molecule has 16 heavy (non-hydrogen) atoms. The van der Waals surface area contributed by atoms with Crippen LogP contribution in [-0.2, 0) is 0 Å². The minimum Gasteiger partial charge on any atom is -0.396 e. The van der Waals surface area contributed by atoms with E-state index in [1.165, 1.54) is 5.56 Å². The van der Waals surface area contributed by atoms with Crippen molar-refractivity contribution in [2.45, 2.75) is 19.8 Å². The van der Waals surface area contributed by atoms with Gasteiger partial charge in [0.05, 0.1) is 11.4 Å². The van der Waals surface area contributed by atoms with Crippen LogP contribution in [0.5, 0.6) is 0 Å². The fourth-order valence-corrected chi connectivity index (χ4v) is 1.81. The predicted octanol–water partition coefficient (Wildman–Crippen LogP) is 3.25. The first kappa shape index (κ1) is 10.7. The molecule has 0 aliphatic heterocycles. The molecule has 0 aliphatic carbocycles. The number of nitrogen functional groups attached to an aromatic ring is 1. The second-order valence-electron chi connectivity index (χ2n) is 4.09. The van der Waals surface area contributed by atoms with Crippen molar-refractivity contribution < 1.29 is 0 Å². The van der Waals surface area contributed by atoms with Crippen LogP contribution in [0.3, 0.4) is 0 Å². The summed E-state index contributed by atoms with van der Waals surface area (Å²) in [6, 6.07) is 12.9. The van der Waals surface area contributed by atoms with Crippen molar-refractivity contribution in [3.63, 3.8) is 0 Å². The summed E-state index contributed by atoms with van der Waals surface area (Å²) >= 11 is 0. The van der Waals surface area contributed by atoms with Gasteiger partial charge < -0.3 is 5.73 Å². The van der Waals surface area contributed by atoms with E-state index in [4.69, 9.17) is 5.73 Å². The van der Waals surface area contributed by atoms with Crippen molar-refractivity contribution in [2.24, 2.45) is 0 Å². The lowest BCUT2D eigenvalue weighted by Gasteiger charge is -2.13. The standard InChI is InChI=1S/C14H15N2/c1-10(2)11-6-3-4-7-12(11)14-13(15)8-5-9-16-14/h3-7,9-10H,15H2,1-2H3. The highest BCUT2D eigenvalue weighted by Gasteiger charge is 2.10. The van der Waals surface area contributed by atoms with E-state index in [2.05, 4.69) is 37.0 Å². The van der Waals surface area contributed by atoms with Crippen LogP contribution in [-0.4, -0.2) is 4.98 Å². The van der Waals surface area contributed by atoms with Gasteiger partial charge in [0.1, 0.15) is 0 Å². The molecular weight excluding hydrogens is 196 g/mol. The second-order valence-corrected chi connectivity index (χ2v) is 4.09. The van der Waals surface area contributed by atoms with Crippen molar-refractivity contribution in [2.75, 3.05) is 5.73 Å². The molecule has 0 saturated carbocycles. The average molecular weight is 211 g/mol. The van der Waals surface area contributed by atoms with E-state index in [1.54, 1.807) is 12.3 Å². The molecule has 0 amide bonds. The van der Waals surface area contributed by atoms with Gasteiger partial charge in [0.2, 0.25) is 0 Å². The third kappa shape index (κ3) is 1.91. The Balaban J connectivity index is 2.60. The van der Waals surface area contributed by atoms with E-state index < -0.39 is 0 Å². The van der Waals surface area contributed by atoms with E-state index in [0.29, 0.717) is 11.6 Å². The van der Waals surface area contributed by atoms with E-state index in [9.17, 15) is 0 Å². The highest BCUT2D eigenvalue weighted by atomic mass is 14.7. The van der Waals surface area contributed by atoms with E-state index >= 15 is 0 Å². The Kier molecular flexibility index (Phi) is 2.91. The highest BCUT2D eigenvalue weighted by Crippen LogP contribution is 2.30. The van der Waals surface area contributed by atoms with Crippen LogP contribution < -0.4 is 5.73 Å². The molecule has 1 aromatic heterocycles. The average Bonchev–Trinajstić information content (AvgIpc) is 2.29. The number of nitrogens with two attached hydrogens (primary N) is 1.